The zero-order chi connectivity index (χ0) is 24.5. The fourth-order valence-corrected chi connectivity index (χ4v) is 4.89. The van der Waals surface area contributed by atoms with Crippen molar-refractivity contribution < 1.29 is 9.18 Å². The van der Waals surface area contributed by atoms with Crippen molar-refractivity contribution in [2.24, 2.45) is 0 Å². The molecule has 0 aliphatic carbocycles. The lowest BCUT2D eigenvalue weighted by molar-refractivity contribution is 0.142. The molecule has 180 valence electrons. The number of urea groups is 1. The Bertz CT molecular complexity index is 1440. The molecule has 0 unspecified atom stereocenters. The minimum absolute atomic E-state index is 0.206. The van der Waals surface area contributed by atoms with E-state index in [2.05, 4.69) is 20.3 Å². The summed E-state index contributed by atoms with van der Waals surface area (Å²) in [4.78, 5) is 34.3. The van der Waals surface area contributed by atoms with E-state index in [1.165, 1.54) is 28.0 Å². The third-order valence-electron chi connectivity index (χ3n) is 6.06. The highest BCUT2D eigenvalue weighted by Gasteiger charge is 2.22. The van der Waals surface area contributed by atoms with E-state index in [4.69, 9.17) is 0 Å². The largest absolute Gasteiger partial charge is 0.322 e. The number of amides is 2. The topological polar surface area (TPSA) is 82.8 Å². The Morgan fingerprint density at radius 3 is 2.51 bits per heavy atom. The number of rotatable bonds is 4. The zero-order valence-corrected chi connectivity index (χ0v) is 20.3. The van der Waals surface area contributed by atoms with Gasteiger partial charge in [0.1, 0.15) is 10.8 Å². The number of aromatic nitrogens is 3. The molecule has 1 aliphatic rings. The molecule has 2 amide bonds. The Kier molecular flexibility index (Phi) is 6.31. The normalized spacial score (nSPS) is 14.4. The van der Waals surface area contributed by atoms with E-state index in [-0.39, 0.29) is 17.4 Å². The van der Waals surface area contributed by atoms with Gasteiger partial charge in [-0.25, -0.2) is 14.2 Å². The Hall–Kier alpha value is -3.63. The molecule has 0 spiro atoms. The van der Waals surface area contributed by atoms with Crippen LogP contribution in [0.5, 0.6) is 0 Å². The molecule has 4 aromatic rings. The highest BCUT2D eigenvalue weighted by Crippen LogP contribution is 2.24. The van der Waals surface area contributed by atoms with Gasteiger partial charge in [-0.05, 0) is 31.5 Å². The predicted molar refractivity (Wildman–Crippen MR) is 134 cm³/mol. The van der Waals surface area contributed by atoms with E-state index in [9.17, 15) is 14.0 Å². The number of nitrogens with one attached hydrogen (secondary N) is 1. The number of carbonyl (C=O) groups excluding carboxylic acids is 1. The molecule has 0 radical (unpaired) electrons. The summed E-state index contributed by atoms with van der Waals surface area (Å²) in [6.07, 6.45) is 0. The first-order valence-electron chi connectivity index (χ1n) is 11.4. The summed E-state index contributed by atoms with van der Waals surface area (Å²) in [5.41, 5.74) is 3.56. The van der Waals surface area contributed by atoms with Crippen LogP contribution in [0.3, 0.4) is 0 Å². The van der Waals surface area contributed by atoms with Crippen molar-refractivity contribution in [1.82, 2.24) is 24.4 Å². The standard InChI is InChI=1S/C25H25FN6O2S/c1-16-3-6-18(7-4-16)23-29-32-22(33)14-20(28-25(32)35-23)15-30-9-11-31(12-10-30)24(34)27-19-8-5-17(2)21(26)13-19/h3-8,13-14H,9-12,15H2,1-2H3,(H,27,34). The molecule has 0 atom stereocenters. The Labute approximate surface area is 205 Å². The van der Waals surface area contributed by atoms with Gasteiger partial charge in [0, 0.05) is 50.0 Å². The van der Waals surface area contributed by atoms with E-state index in [1.54, 1.807) is 24.0 Å². The first-order valence-corrected chi connectivity index (χ1v) is 12.2. The summed E-state index contributed by atoms with van der Waals surface area (Å²) in [7, 11) is 0. The number of fused-ring (bicyclic) bond motifs is 1. The average molecular weight is 493 g/mol. The van der Waals surface area contributed by atoms with Crippen LogP contribution in [0.4, 0.5) is 14.9 Å². The molecule has 1 saturated heterocycles. The molecular weight excluding hydrogens is 467 g/mol. The van der Waals surface area contributed by atoms with Gasteiger partial charge >= 0.3 is 6.03 Å². The SMILES string of the molecule is Cc1ccc(-c2nn3c(=O)cc(CN4CCN(C(=O)Nc5ccc(C)c(F)c5)CC4)nc3s2)cc1. The number of carbonyl (C=O) groups is 1. The third kappa shape index (κ3) is 5.08. The third-order valence-corrected chi connectivity index (χ3v) is 7.02. The quantitative estimate of drug-likeness (QED) is 0.467. The molecular formula is C25H25FN6O2S. The minimum Gasteiger partial charge on any atom is -0.322 e. The lowest BCUT2D eigenvalue weighted by Crippen LogP contribution is -2.49. The summed E-state index contributed by atoms with van der Waals surface area (Å²) in [6, 6.07) is 13.9. The second-order valence-corrected chi connectivity index (χ2v) is 9.67. The number of hydrogen-bond acceptors (Lipinski definition) is 6. The molecule has 1 N–H and O–H groups in total. The number of benzene rings is 2. The summed E-state index contributed by atoms with van der Waals surface area (Å²) < 4.78 is 15.1. The van der Waals surface area contributed by atoms with Crippen molar-refractivity contribution in [2.75, 3.05) is 31.5 Å². The van der Waals surface area contributed by atoms with E-state index < -0.39 is 0 Å². The summed E-state index contributed by atoms with van der Waals surface area (Å²) >= 11 is 1.39. The lowest BCUT2D eigenvalue weighted by atomic mass is 10.2. The van der Waals surface area contributed by atoms with Gasteiger partial charge in [-0.2, -0.15) is 9.61 Å². The molecule has 1 fully saturated rings. The van der Waals surface area contributed by atoms with Crippen LogP contribution >= 0.6 is 11.3 Å². The molecule has 10 heteroatoms. The molecule has 0 bridgehead atoms. The number of anilines is 1. The molecule has 5 rings (SSSR count). The summed E-state index contributed by atoms with van der Waals surface area (Å²) in [6.45, 7) is 6.57. The van der Waals surface area contributed by atoms with Crippen LogP contribution in [-0.2, 0) is 6.54 Å². The Morgan fingerprint density at radius 1 is 1.06 bits per heavy atom. The number of aryl methyl sites for hydroxylation is 2. The van der Waals surface area contributed by atoms with Crippen LogP contribution in [0.15, 0.2) is 53.3 Å². The summed E-state index contributed by atoms with van der Waals surface area (Å²) in [5, 5.41) is 7.95. The predicted octanol–water partition coefficient (Wildman–Crippen LogP) is 3.92. The molecule has 0 saturated carbocycles. The first kappa shape index (κ1) is 23.1. The monoisotopic (exact) mass is 492 g/mol. The van der Waals surface area contributed by atoms with Crippen molar-refractivity contribution >= 4 is 28.0 Å². The van der Waals surface area contributed by atoms with Gasteiger partial charge in [0.05, 0.1) is 5.69 Å². The lowest BCUT2D eigenvalue weighted by Gasteiger charge is -2.34. The maximum atomic E-state index is 13.8. The van der Waals surface area contributed by atoms with Crippen LogP contribution in [0.2, 0.25) is 0 Å². The van der Waals surface area contributed by atoms with Crippen molar-refractivity contribution in [2.45, 2.75) is 20.4 Å². The molecule has 3 heterocycles. The van der Waals surface area contributed by atoms with E-state index >= 15 is 0 Å². The van der Waals surface area contributed by atoms with Gasteiger partial charge in [-0.15, -0.1) is 0 Å². The van der Waals surface area contributed by atoms with E-state index in [0.717, 1.165) is 16.1 Å². The Morgan fingerprint density at radius 2 is 1.80 bits per heavy atom. The van der Waals surface area contributed by atoms with Crippen LogP contribution in [0, 0.1) is 19.7 Å². The van der Waals surface area contributed by atoms with Gasteiger partial charge in [0.15, 0.2) is 0 Å². The molecule has 1 aliphatic heterocycles. The second kappa shape index (κ2) is 9.55. The highest BCUT2D eigenvalue weighted by atomic mass is 32.1. The number of piperazine rings is 1. The van der Waals surface area contributed by atoms with Crippen LogP contribution < -0.4 is 10.9 Å². The van der Waals surface area contributed by atoms with Gasteiger partial charge < -0.3 is 10.2 Å². The van der Waals surface area contributed by atoms with Crippen molar-refractivity contribution in [1.29, 1.82) is 0 Å². The van der Waals surface area contributed by atoms with Gasteiger partial charge in [-0.3, -0.25) is 9.69 Å². The molecule has 2 aromatic carbocycles. The van der Waals surface area contributed by atoms with Crippen LogP contribution in [-0.4, -0.2) is 56.6 Å². The maximum Gasteiger partial charge on any atom is 0.321 e. The second-order valence-electron chi connectivity index (χ2n) is 8.71. The molecule has 35 heavy (non-hydrogen) atoms. The zero-order valence-electron chi connectivity index (χ0n) is 19.5. The van der Waals surface area contributed by atoms with Gasteiger partial charge in [-0.1, -0.05) is 47.2 Å². The minimum atomic E-state index is -0.347. The first-order chi connectivity index (χ1) is 16.9. The number of halogens is 1. The highest BCUT2D eigenvalue weighted by molar-refractivity contribution is 7.19. The van der Waals surface area contributed by atoms with Crippen LogP contribution in [0.1, 0.15) is 16.8 Å². The average Bonchev–Trinajstić information content (AvgIpc) is 3.27. The van der Waals surface area contributed by atoms with Crippen molar-refractivity contribution in [3.05, 3.63) is 81.5 Å². The van der Waals surface area contributed by atoms with Crippen LogP contribution in [0.25, 0.3) is 15.5 Å². The maximum absolute atomic E-state index is 13.8. The fraction of sp³-hybridized carbons (Fsp3) is 0.280. The van der Waals surface area contributed by atoms with E-state index in [1.807, 2.05) is 31.2 Å². The van der Waals surface area contributed by atoms with Gasteiger partial charge in [0.2, 0.25) is 4.96 Å². The van der Waals surface area contributed by atoms with Crippen molar-refractivity contribution in [3.63, 3.8) is 0 Å². The fourth-order valence-electron chi connectivity index (χ4n) is 3.96. The Balaban J connectivity index is 1.22. The smallest absolute Gasteiger partial charge is 0.321 e. The summed E-state index contributed by atoms with van der Waals surface area (Å²) in [5.74, 6) is -0.347. The number of nitrogens with zero attached hydrogens (tertiary/aromatic N) is 5. The number of hydrogen-bond donors (Lipinski definition) is 1. The molecule has 2 aromatic heterocycles. The molecule has 8 nitrogen and oxygen atoms in total. The van der Waals surface area contributed by atoms with E-state index in [0.29, 0.717) is 54.6 Å². The van der Waals surface area contributed by atoms with Crippen molar-refractivity contribution in [3.8, 4) is 10.6 Å². The van der Waals surface area contributed by atoms with Gasteiger partial charge in [0.25, 0.3) is 5.56 Å².